The van der Waals surface area contributed by atoms with Crippen LogP contribution < -0.4 is 14.8 Å². The zero-order valence-electron chi connectivity index (χ0n) is 24.5. The smallest absolute Gasteiger partial charge is 0.305 e. The molecule has 1 aliphatic heterocycles. The van der Waals surface area contributed by atoms with Crippen molar-refractivity contribution in [2.75, 3.05) is 47.0 Å². The van der Waals surface area contributed by atoms with Crippen LogP contribution in [0.1, 0.15) is 43.8 Å². The van der Waals surface area contributed by atoms with E-state index in [1.165, 1.54) is 7.11 Å². The number of nitrogens with zero attached hydrogens (tertiary/aromatic N) is 5. The van der Waals surface area contributed by atoms with Gasteiger partial charge in [0.2, 0.25) is 0 Å². The van der Waals surface area contributed by atoms with Gasteiger partial charge in [0.25, 0.3) is 0 Å². The predicted molar refractivity (Wildman–Crippen MR) is 162 cm³/mol. The number of aromatic nitrogens is 4. The predicted octanol–water partition coefficient (Wildman–Crippen LogP) is 4.65. The van der Waals surface area contributed by atoms with Crippen LogP contribution in [0.3, 0.4) is 0 Å². The van der Waals surface area contributed by atoms with Gasteiger partial charge >= 0.3 is 5.97 Å². The highest BCUT2D eigenvalue weighted by atomic mass is 16.5. The molecule has 5 rings (SSSR count). The second kappa shape index (κ2) is 14.7. The van der Waals surface area contributed by atoms with Gasteiger partial charge in [0, 0.05) is 57.0 Å². The lowest BCUT2D eigenvalue weighted by Crippen LogP contribution is -2.46. The van der Waals surface area contributed by atoms with Crippen molar-refractivity contribution in [1.82, 2.24) is 29.7 Å². The minimum absolute atomic E-state index is 0.163. The zero-order valence-corrected chi connectivity index (χ0v) is 24.5. The van der Waals surface area contributed by atoms with Gasteiger partial charge in [-0.3, -0.25) is 9.69 Å². The lowest BCUT2D eigenvalue weighted by molar-refractivity contribution is -0.140. The summed E-state index contributed by atoms with van der Waals surface area (Å²) in [7, 11) is 3.10. The van der Waals surface area contributed by atoms with Gasteiger partial charge in [0.1, 0.15) is 23.7 Å². The highest BCUT2D eigenvalue weighted by molar-refractivity contribution is 5.82. The van der Waals surface area contributed by atoms with Crippen LogP contribution in [0.2, 0.25) is 0 Å². The van der Waals surface area contributed by atoms with E-state index in [-0.39, 0.29) is 12.0 Å². The normalized spacial score (nSPS) is 15.5. The molecule has 1 N–H and O–H groups in total. The molecule has 10 heteroatoms. The van der Waals surface area contributed by atoms with E-state index in [2.05, 4.69) is 43.0 Å². The van der Waals surface area contributed by atoms with Crippen molar-refractivity contribution in [2.45, 2.75) is 44.7 Å². The van der Waals surface area contributed by atoms with Crippen molar-refractivity contribution < 1.29 is 19.0 Å². The summed E-state index contributed by atoms with van der Waals surface area (Å²) in [5.74, 6) is 2.41. The van der Waals surface area contributed by atoms with Crippen molar-refractivity contribution in [3.05, 3.63) is 66.7 Å². The van der Waals surface area contributed by atoms with E-state index < -0.39 is 0 Å². The molecule has 0 saturated carbocycles. The molecule has 1 fully saturated rings. The SMILES string of the molecule is COC(=O)CCCCCOc1ccc2nc(-c3ccc(OC)cc3)n(CCCN3CCNCC3c3ccncn3)c2c1. The van der Waals surface area contributed by atoms with Crippen molar-refractivity contribution in [3.8, 4) is 22.9 Å². The quantitative estimate of drug-likeness (QED) is 0.171. The van der Waals surface area contributed by atoms with Gasteiger partial charge in [0.15, 0.2) is 0 Å². The number of piperazine rings is 1. The highest BCUT2D eigenvalue weighted by Gasteiger charge is 2.24. The van der Waals surface area contributed by atoms with Crippen LogP contribution in [0, 0.1) is 0 Å². The number of methoxy groups -OCH3 is 2. The maximum absolute atomic E-state index is 11.3. The standard InChI is InChI=1S/C32H40N6O4/c1-40-25-10-8-24(9-11-25)32-36-28-13-12-26(42-20-5-3-4-7-31(39)41-2)21-29(28)38(32)18-6-17-37-19-16-33-22-30(37)27-14-15-34-23-35-27/h8-15,21,23,30,33H,3-7,16-20,22H2,1-2H3. The number of ether oxygens (including phenoxy) is 3. The van der Waals surface area contributed by atoms with Crippen molar-refractivity contribution in [1.29, 1.82) is 0 Å². The molecule has 1 saturated heterocycles. The molecule has 1 aliphatic rings. The summed E-state index contributed by atoms with van der Waals surface area (Å²) in [5, 5.41) is 3.51. The maximum atomic E-state index is 11.3. The Bertz CT molecular complexity index is 1430. The maximum Gasteiger partial charge on any atom is 0.305 e. The number of benzene rings is 2. The van der Waals surface area contributed by atoms with E-state index in [1.807, 2.05) is 36.5 Å². The molecule has 0 spiro atoms. The first kappa shape index (κ1) is 29.5. The molecule has 10 nitrogen and oxygen atoms in total. The van der Waals surface area contributed by atoms with Gasteiger partial charge in [-0.25, -0.2) is 15.0 Å². The van der Waals surface area contributed by atoms with Crippen LogP contribution in [-0.2, 0) is 16.1 Å². The summed E-state index contributed by atoms with van der Waals surface area (Å²) in [6, 6.07) is 16.4. The Morgan fingerprint density at radius 1 is 1.00 bits per heavy atom. The third-order valence-corrected chi connectivity index (χ3v) is 7.72. The Balaban J connectivity index is 1.31. The summed E-state index contributed by atoms with van der Waals surface area (Å²) in [5.41, 5.74) is 4.08. The van der Waals surface area contributed by atoms with Gasteiger partial charge in [0.05, 0.1) is 43.6 Å². The minimum atomic E-state index is -0.163. The molecule has 2 aromatic carbocycles. The topological polar surface area (TPSA) is 104 Å². The van der Waals surface area contributed by atoms with Crippen molar-refractivity contribution in [2.24, 2.45) is 0 Å². The fourth-order valence-corrected chi connectivity index (χ4v) is 5.45. The number of unbranched alkanes of at least 4 members (excludes halogenated alkanes) is 2. The highest BCUT2D eigenvalue weighted by Crippen LogP contribution is 2.30. The summed E-state index contributed by atoms with van der Waals surface area (Å²) in [4.78, 5) is 27.5. The third kappa shape index (κ3) is 7.43. The van der Waals surface area contributed by atoms with Crippen LogP contribution in [0.25, 0.3) is 22.4 Å². The number of imidazole rings is 1. The lowest BCUT2D eigenvalue weighted by atomic mass is 10.1. The zero-order chi connectivity index (χ0) is 29.1. The van der Waals surface area contributed by atoms with Crippen LogP contribution >= 0.6 is 0 Å². The molecule has 1 unspecified atom stereocenters. The number of esters is 1. The molecule has 42 heavy (non-hydrogen) atoms. The van der Waals surface area contributed by atoms with Crippen LogP contribution in [0.4, 0.5) is 0 Å². The Kier molecular flexibility index (Phi) is 10.3. The summed E-state index contributed by atoms with van der Waals surface area (Å²) >= 11 is 0. The van der Waals surface area contributed by atoms with Gasteiger partial charge in [-0.05, 0) is 68.1 Å². The molecule has 0 radical (unpaired) electrons. The number of hydrogen-bond acceptors (Lipinski definition) is 9. The van der Waals surface area contributed by atoms with E-state index in [0.29, 0.717) is 13.0 Å². The molecule has 3 heterocycles. The fraction of sp³-hybridized carbons (Fsp3) is 0.438. The number of carbonyl (C=O) groups is 1. The second-order valence-electron chi connectivity index (χ2n) is 10.4. The first-order valence-electron chi connectivity index (χ1n) is 14.7. The first-order chi connectivity index (χ1) is 20.7. The first-order valence-corrected chi connectivity index (χ1v) is 14.7. The average Bonchev–Trinajstić information content (AvgIpc) is 3.40. The van der Waals surface area contributed by atoms with Crippen molar-refractivity contribution in [3.63, 3.8) is 0 Å². The summed E-state index contributed by atoms with van der Waals surface area (Å²) in [6.07, 6.45) is 7.45. The molecular weight excluding hydrogens is 532 g/mol. The third-order valence-electron chi connectivity index (χ3n) is 7.72. The number of carbonyl (C=O) groups excluding carboxylic acids is 1. The Hall–Kier alpha value is -4.02. The Morgan fingerprint density at radius 2 is 1.86 bits per heavy atom. The van der Waals surface area contributed by atoms with E-state index in [1.54, 1.807) is 13.4 Å². The molecule has 0 bridgehead atoms. The molecule has 0 aliphatic carbocycles. The van der Waals surface area contributed by atoms with Crippen molar-refractivity contribution >= 4 is 17.0 Å². The Morgan fingerprint density at radius 3 is 2.64 bits per heavy atom. The van der Waals surface area contributed by atoms with E-state index in [0.717, 1.165) is 98.0 Å². The Labute approximate surface area is 247 Å². The van der Waals surface area contributed by atoms with Crippen LogP contribution in [-0.4, -0.2) is 77.4 Å². The minimum Gasteiger partial charge on any atom is -0.497 e. The molecule has 1 atom stereocenters. The molecule has 4 aromatic rings. The van der Waals surface area contributed by atoms with Gasteiger partial charge in [-0.15, -0.1) is 0 Å². The average molecular weight is 573 g/mol. The monoisotopic (exact) mass is 572 g/mol. The van der Waals surface area contributed by atoms with Crippen LogP contribution in [0.5, 0.6) is 11.5 Å². The summed E-state index contributed by atoms with van der Waals surface area (Å²) < 4.78 is 18.5. The largest absolute Gasteiger partial charge is 0.497 e. The van der Waals surface area contributed by atoms with Gasteiger partial charge < -0.3 is 24.1 Å². The second-order valence-corrected chi connectivity index (χ2v) is 10.4. The molecule has 2 aromatic heterocycles. The molecule has 0 amide bonds. The fourth-order valence-electron chi connectivity index (χ4n) is 5.45. The number of nitrogens with one attached hydrogen (secondary N) is 1. The van der Waals surface area contributed by atoms with Gasteiger partial charge in [-0.1, -0.05) is 0 Å². The van der Waals surface area contributed by atoms with E-state index in [4.69, 9.17) is 19.2 Å². The number of fused-ring (bicyclic) bond motifs is 1. The number of aryl methyl sites for hydroxylation is 1. The van der Waals surface area contributed by atoms with Crippen LogP contribution in [0.15, 0.2) is 61.1 Å². The van der Waals surface area contributed by atoms with Gasteiger partial charge in [-0.2, -0.15) is 0 Å². The summed E-state index contributed by atoms with van der Waals surface area (Å²) in [6.45, 7) is 5.18. The van der Waals surface area contributed by atoms with E-state index >= 15 is 0 Å². The van der Waals surface area contributed by atoms with E-state index in [9.17, 15) is 4.79 Å². The number of hydrogen-bond donors (Lipinski definition) is 1. The number of rotatable bonds is 14. The lowest BCUT2D eigenvalue weighted by Gasteiger charge is -2.35. The molecular formula is C32H40N6O4. The molecule has 222 valence electrons.